The van der Waals surface area contributed by atoms with Crippen molar-refractivity contribution in [1.29, 1.82) is 0 Å². The minimum atomic E-state index is 0. The molecule has 0 amide bonds. The van der Waals surface area contributed by atoms with Crippen LogP contribution in [0.1, 0.15) is 17.0 Å². The van der Waals surface area contributed by atoms with E-state index < -0.39 is 0 Å². The molecule has 0 atom stereocenters. The van der Waals surface area contributed by atoms with Gasteiger partial charge in [0.15, 0.2) is 5.96 Å². The molecule has 0 saturated carbocycles. The minimum Gasteiger partial charge on any atom is -0.356 e. The van der Waals surface area contributed by atoms with Gasteiger partial charge in [-0.3, -0.25) is 4.99 Å². The van der Waals surface area contributed by atoms with Gasteiger partial charge in [0.1, 0.15) is 0 Å². The summed E-state index contributed by atoms with van der Waals surface area (Å²) in [6, 6.07) is 15.8. The molecule has 0 bridgehead atoms. The van der Waals surface area contributed by atoms with Gasteiger partial charge in [-0.05, 0) is 24.6 Å². The Kier molecular flexibility index (Phi) is 8.72. The SMILES string of the molecule is CN=C(NCCc1nc(-c2cccc(Cl)c2)no1)NCc1ccc(C)cc1.I. The van der Waals surface area contributed by atoms with Crippen molar-refractivity contribution < 1.29 is 4.52 Å². The molecule has 8 heteroatoms. The zero-order chi connectivity index (χ0) is 19.1. The van der Waals surface area contributed by atoms with Crippen LogP contribution in [0.3, 0.4) is 0 Å². The van der Waals surface area contributed by atoms with Crippen LogP contribution in [0.5, 0.6) is 0 Å². The van der Waals surface area contributed by atoms with Gasteiger partial charge in [-0.15, -0.1) is 24.0 Å². The number of aliphatic imine (C=N–C) groups is 1. The summed E-state index contributed by atoms with van der Waals surface area (Å²) < 4.78 is 5.31. The number of halogens is 2. The fourth-order valence-corrected chi connectivity index (χ4v) is 2.69. The van der Waals surface area contributed by atoms with E-state index in [-0.39, 0.29) is 24.0 Å². The van der Waals surface area contributed by atoms with Crippen LogP contribution in [-0.2, 0) is 13.0 Å². The molecule has 6 nitrogen and oxygen atoms in total. The number of aryl methyl sites for hydroxylation is 1. The van der Waals surface area contributed by atoms with E-state index in [2.05, 4.69) is 57.0 Å². The molecule has 0 aliphatic rings. The molecule has 3 rings (SSSR count). The summed E-state index contributed by atoms with van der Waals surface area (Å²) in [4.78, 5) is 8.64. The summed E-state index contributed by atoms with van der Waals surface area (Å²) in [5, 5.41) is 11.2. The van der Waals surface area contributed by atoms with Crippen molar-refractivity contribution in [1.82, 2.24) is 20.8 Å². The highest BCUT2D eigenvalue weighted by Gasteiger charge is 2.09. The number of aromatic nitrogens is 2. The molecule has 0 aliphatic heterocycles. The van der Waals surface area contributed by atoms with Crippen molar-refractivity contribution in [2.45, 2.75) is 19.9 Å². The highest BCUT2D eigenvalue weighted by Crippen LogP contribution is 2.19. The fraction of sp³-hybridized carbons (Fsp3) is 0.250. The molecular formula is C20H23ClIN5O. The smallest absolute Gasteiger partial charge is 0.228 e. The van der Waals surface area contributed by atoms with E-state index in [1.54, 1.807) is 7.05 Å². The van der Waals surface area contributed by atoms with E-state index in [0.29, 0.717) is 36.2 Å². The lowest BCUT2D eigenvalue weighted by Crippen LogP contribution is -2.37. The third-order valence-corrected chi connectivity index (χ3v) is 4.22. The molecule has 0 unspecified atom stereocenters. The maximum absolute atomic E-state index is 6.00. The summed E-state index contributed by atoms with van der Waals surface area (Å²) in [6.07, 6.45) is 0.596. The van der Waals surface area contributed by atoms with Crippen molar-refractivity contribution in [2.24, 2.45) is 4.99 Å². The molecule has 0 saturated heterocycles. The van der Waals surface area contributed by atoms with E-state index in [9.17, 15) is 0 Å². The van der Waals surface area contributed by atoms with Gasteiger partial charge in [-0.25, -0.2) is 0 Å². The Balaban J connectivity index is 0.00000280. The Bertz CT molecular complexity index is 911. The van der Waals surface area contributed by atoms with Gasteiger partial charge in [-0.1, -0.05) is 58.7 Å². The second-order valence-corrected chi connectivity index (χ2v) is 6.55. The predicted molar refractivity (Wildman–Crippen MR) is 123 cm³/mol. The van der Waals surface area contributed by atoms with Crippen molar-refractivity contribution in [3.8, 4) is 11.4 Å². The second-order valence-electron chi connectivity index (χ2n) is 6.11. The van der Waals surface area contributed by atoms with Crippen LogP contribution >= 0.6 is 35.6 Å². The lowest BCUT2D eigenvalue weighted by atomic mass is 10.1. The monoisotopic (exact) mass is 511 g/mol. The summed E-state index contributed by atoms with van der Waals surface area (Å²) >= 11 is 6.00. The molecule has 1 heterocycles. The van der Waals surface area contributed by atoms with Gasteiger partial charge < -0.3 is 15.2 Å². The first kappa shape index (κ1) is 22.2. The minimum absolute atomic E-state index is 0. The van der Waals surface area contributed by atoms with Crippen LogP contribution in [0, 0.1) is 6.92 Å². The summed E-state index contributed by atoms with van der Waals surface area (Å²) in [5.41, 5.74) is 3.28. The topological polar surface area (TPSA) is 75.3 Å². The number of nitrogens with zero attached hydrogens (tertiary/aromatic N) is 3. The predicted octanol–water partition coefficient (Wildman–Crippen LogP) is 4.22. The van der Waals surface area contributed by atoms with Crippen molar-refractivity contribution in [3.63, 3.8) is 0 Å². The second kappa shape index (κ2) is 11.0. The third kappa shape index (κ3) is 6.49. The number of hydrogen-bond donors (Lipinski definition) is 2. The van der Waals surface area contributed by atoms with Crippen molar-refractivity contribution in [2.75, 3.05) is 13.6 Å². The van der Waals surface area contributed by atoms with E-state index in [4.69, 9.17) is 16.1 Å². The van der Waals surface area contributed by atoms with E-state index in [1.807, 2.05) is 24.3 Å². The van der Waals surface area contributed by atoms with Crippen LogP contribution in [0.15, 0.2) is 58.0 Å². The first-order valence-corrected chi connectivity index (χ1v) is 9.10. The first-order chi connectivity index (χ1) is 13.1. The van der Waals surface area contributed by atoms with Gasteiger partial charge in [0.2, 0.25) is 11.7 Å². The van der Waals surface area contributed by atoms with Crippen molar-refractivity contribution >= 4 is 41.5 Å². The average Bonchev–Trinajstić information content (AvgIpc) is 3.15. The number of rotatable bonds is 6. The normalized spacial score (nSPS) is 11.0. The van der Waals surface area contributed by atoms with Gasteiger partial charge in [0.25, 0.3) is 0 Å². The van der Waals surface area contributed by atoms with Gasteiger partial charge in [0.05, 0.1) is 0 Å². The molecule has 0 radical (unpaired) electrons. The Hall–Kier alpha value is -2.13. The molecule has 0 spiro atoms. The number of benzene rings is 2. The highest BCUT2D eigenvalue weighted by molar-refractivity contribution is 14.0. The molecule has 2 N–H and O–H groups in total. The number of hydrogen-bond acceptors (Lipinski definition) is 4. The van der Waals surface area contributed by atoms with Crippen LogP contribution < -0.4 is 10.6 Å². The maximum Gasteiger partial charge on any atom is 0.228 e. The fourth-order valence-electron chi connectivity index (χ4n) is 2.50. The number of nitrogens with one attached hydrogen (secondary N) is 2. The van der Waals surface area contributed by atoms with Crippen LogP contribution in [0.2, 0.25) is 5.02 Å². The third-order valence-electron chi connectivity index (χ3n) is 3.99. The van der Waals surface area contributed by atoms with Gasteiger partial charge in [-0.2, -0.15) is 4.98 Å². The maximum atomic E-state index is 6.00. The van der Waals surface area contributed by atoms with E-state index in [0.717, 1.165) is 11.5 Å². The lowest BCUT2D eigenvalue weighted by Gasteiger charge is -2.11. The van der Waals surface area contributed by atoms with E-state index >= 15 is 0 Å². The Morgan fingerprint density at radius 2 is 1.93 bits per heavy atom. The first-order valence-electron chi connectivity index (χ1n) is 8.72. The molecule has 1 aromatic heterocycles. The quantitative estimate of drug-likeness (QED) is 0.294. The molecular weight excluding hydrogens is 489 g/mol. The summed E-state index contributed by atoms with van der Waals surface area (Å²) in [5.74, 6) is 1.82. The van der Waals surface area contributed by atoms with Crippen LogP contribution in [0.4, 0.5) is 0 Å². The van der Waals surface area contributed by atoms with Crippen molar-refractivity contribution in [3.05, 3.63) is 70.6 Å². The standard InChI is InChI=1S/C20H22ClN5O.HI/c1-14-6-8-15(9-7-14)13-24-20(22-2)23-11-10-18-25-19(26-27-18)16-4-3-5-17(21)12-16;/h3-9,12H,10-11,13H2,1-2H3,(H2,22,23,24);1H. The molecule has 0 aliphatic carbocycles. The van der Waals surface area contributed by atoms with Gasteiger partial charge in [0, 0.05) is 37.1 Å². The largest absolute Gasteiger partial charge is 0.356 e. The molecule has 3 aromatic rings. The summed E-state index contributed by atoms with van der Waals surface area (Å²) in [7, 11) is 1.74. The van der Waals surface area contributed by atoms with Gasteiger partial charge >= 0.3 is 0 Å². The molecule has 2 aromatic carbocycles. The molecule has 148 valence electrons. The van der Waals surface area contributed by atoms with Crippen LogP contribution in [0.25, 0.3) is 11.4 Å². The zero-order valence-electron chi connectivity index (χ0n) is 15.8. The average molecular weight is 512 g/mol. The Labute approximate surface area is 186 Å². The zero-order valence-corrected chi connectivity index (χ0v) is 18.9. The summed E-state index contributed by atoms with van der Waals surface area (Å²) in [6.45, 7) is 3.41. The molecule has 0 fully saturated rings. The lowest BCUT2D eigenvalue weighted by molar-refractivity contribution is 0.378. The Morgan fingerprint density at radius 3 is 2.64 bits per heavy atom. The Morgan fingerprint density at radius 1 is 1.14 bits per heavy atom. The highest BCUT2D eigenvalue weighted by atomic mass is 127. The van der Waals surface area contributed by atoms with Crippen LogP contribution in [-0.4, -0.2) is 29.7 Å². The van der Waals surface area contributed by atoms with E-state index in [1.165, 1.54) is 11.1 Å². The molecule has 28 heavy (non-hydrogen) atoms. The number of guanidine groups is 1.